The first-order valence-corrected chi connectivity index (χ1v) is 7.19. The monoisotopic (exact) mass is 296 g/mol. The SMILES string of the molecule is C=CCc1ccc(O)c(CC=C)c1CC=C.OP(O)O. The molecule has 0 aromatic heterocycles. The summed E-state index contributed by atoms with van der Waals surface area (Å²) in [5.74, 6) is 0.338. The molecule has 1 aromatic rings. The fourth-order valence-electron chi connectivity index (χ4n) is 1.85. The fraction of sp³-hybridized carbons (Fsp3) is 0.200. The van der Waals surface area contributed by atoms with Gasteiger partial charge in [-0.2, -0.15) is 0 Å². The summed E-state index contributed by atoms with van der Waals surface area (Å²) in [7, 11) is -2.62. The van der Waals surface area contributed by atoms with Crippen molar-refractivity contribution in [2.45, 2.75) is 19.3 Å². The van der Waals surface area contributed by atoms with Crippen LogP contribution in [0.15, 0.2) is 50.1 Å². The van der Waals surface area contributed by atoms with Crippen molar-refractivity contribution >= 4 is 8.60 Å². The average Bonchev–Trinajstić information content (AvgIpc) is 2.36. The van der Waals surface area contributed by atoms with E-state index in [1.165, 1.54) is 5.56 Å². The molecule has 110 valence electrons. The Morgan fingerprint density at radius 2 is 1.30 bits per heavy atom. The van der Waals surface area contributed by atoms with E-state index in [4.69, 9.17) is 14.7 Å². The second-order valence-corrected chi connectivity index (χ2v) is 4.48. The Balaban J connectivity index is 0.000000796. The van der Waals surface area contributed by atoms with Gasteiger partial charge in [0.15, 0.2) is 0 Å². The summed E-state index contributed by atoms with van der Waals surface area (Å²) >= 11 is 0. The number of hydrogen-bond donors (Lipinski definition) is 4. The molecule has 0 spiro atoms. The second kappa shape index (κ2) is 10.4. The molecule has 0 atom stereocenters. The van der Waals surface area contributed by atoms with E-state index in [0.29, 0.717) is 12.2 Å². The van der Waals surface area contributed by atoms with Crippen LogP contribution in [0.2, 0.25) is 0 Å². The van der Waals surface area contributed by atoms with Gasteiger partial charge in [0.25, 0.3) is 0 Å². The minimum Gasteiger partial charge on any atom is -0.508 e. The van der Waals surface area contributed by atoms with Crippen LogP contribution < -0.4 is 0 Å². The minimum absolute atomic E-state index is 0.338. The van der Waals surface area contributed by atoms with Gasteiger partial charge in [-0.3, -0.25) is 0 Å². The van der Waals surface area contributed by atoms with Gasteiger partial charge >= 0.3 is 8.60 Å². The zero-order valence-corrected chi connectivity index (χ0v) is 12.3. The van der Waals surface area contributed by atoms with Crippen LogP contribution in [0.25, 0.3) is 0 Å². The van der Waals surface area contributed by atoms with Crippen LogP contribution in [0.1, 0.15) is 16.7 Å². The van der Waals surface area contributed by atoms with E-state index < -0.39 is 8.60 Å². The molecule has 0 bridgehead atoms. The lowest BCUT2D eigenvalue weighted by atomic mass is 9.93. The van der Waals surface area contributed by atoms with Gasteiger partial charge in [0.1, 0.15) is 5.75 Å². The lowest BCUT2D eigenvalue weighted by Gasteiger charge is -2.13. The molecular weight excluding hydrogens is 275 g/mol. The third-order valence-corrected chi connectivity index (χ3v) is 2.56. The fourth-order valence-corrected chi connectivity index (χ4v) is 1.85. The summed E-state index contributed by atoms with van der Waals surface area (Å²) in [5, 5.41) is 9.83. The first-order chi connectivity index (χ1) is 9.47. The van der Waals surface area contributed by atoms with E-state index in [0.717, 1.165) is 24.0 Å². The number of rotatable bonds is 6. The van der Waals surface area contributed by atoms with E-state index in [1.807, 2.05) is 18.2 Å². The van der Waals surface area contributed by atoms with Crippen LogP contribution in [-0.4, -0.2) is 19.8 Å². The summed E-state index contributed by atoms with van der Waals surface area (Å²) < 4.78 is 0. The molecular formula is C15H21O4P. The Hall–Kier alpha value is -1.45. The molecule has 1 aromatic carbocycles. The topological polar surface area (TPSA) is 80.9 Å². The number of benzene rings is 1. The molecule has 0 aliphatic rings. The van der Waals surface area contributed by atoms with Crippen molar-refractivity contribution in [1.29, 1.82) is 0 Å². The van der Waals surface area contributed by atoms with Crippen LogP contribution in [0.5, 0.6) is 5.75 Å². The van der Waals surface area contributed by atoms with E-state index in [-0.39, 0.29) is 0 Å². The number of phenolic OH excluding ortho intramolecular Hbond substituents is 1. The zero-order valence-electron chi connectivity index (χ0n) is 11.4. The molecule has 4 N–H and O–H groups in total. The van der Waals surface area contributed by atoms with Crippen LogP contribution in [-0.2, 0) is 19.3 Å². The Morgan fingerprint density at radius 3 is 1.75 bits per heavy atom. The summed E-state index contributed by atoms with van der Waals surface area (Å²) in [4.78, 5) is 21.7. The Kier molecular flexibility index (Phi) is 9.60. The predicted octanol–water partition coefficient (Wildman–Crippen LogP) is 2.77. The van der Waals surface area contributed by atoms with Gasteiger partial charge in [-0.05, 0) is 36.5 Å². The Bertz CT molecular complexity index is 453. The third-order valence-electron chi connectivity index (χ3n) is 2.56. The lowest BCUT2D eigenvalue weighted by molar-refractivity contribution is 0.368. The first-order valence-electron chi connectivity index (χ1n) is 5.99. The molecule has 0 aliphatic heterocycles. The second-order valence-electron chi connectivity index (χ2n) is 3.95. The predicted molar refractivity (Wildman–Crippen MR) is 83.4 cm³/mol. The first kappa shape index (κ1) is 18.6. The van der Waals surface area contributed by atoms with Crippen LogP contribution in [0.3, 0.4) is 0 Å². The van der Waals surface area contributed by atoms with Crippen LogP contribution in [0.4, 0.5) is 0 Å². The molecule has 4 nitrogen and oxygen atoms in total. The highest BCUT2D eigenvalue weighted by atomic mass is 31.2. The van der Waals surface area contributed by atoms with E-state index >= 15 is 0 Å². The van der Waals surface area contributed by atoms with Gasteiger partial charge in [-0.1, -0.05) is 24.3 Å². The van der Waals surface area contributed by atoms with Crippen molar-refractivity contribution in [3.05, 3.63) is 66.8 Å². The van der Waals surface area contributed by atoms with Gasteiger partial charge < -0.3 is 19.8 Å². The smallest absolute Gasteiger partial charge is 0.324 e. The summed E-state index contributed by atoms with van der Waals surface area (Å²) in [6, 6.07) is 3.69. The normalized spacial score (nSPS) is 9.60. The molecule has 5 heteroatoms. The molecule has 0 aliphatic carbocycles. The Morgan fingerprint density at radius 1 is 0.850 bits per heavy atom. The van der Waals surface area contributed by atoms with Crippen molar-refractivity contribution < 1.29 is 19.8 Å². The molecule has 1 rings (SSSR count). The van der Waals surface area contributed by atoms with Crippen LogP contribution >= 0.6 is 8.60 Å². The van der Waals surface area contributed by atoms with Gasteiger partial charge in [-0.25, -0.2) is 0 Å². The molecule has 0 saturated heterocycles. The average molecular weight is 296 g/mol. The van der Waals surface area contributed by atoms with E-state index in [2.05, 4.69) is 19.7 Å². The van der Waals surface area contributed by atoms with Gasteiger partial charge in [0.05, 0.1) is 0 Å². The van der Waals surface area contributed by atoms with Crippen LogP contribution in [0, 0.1) is 0 Å². The highest BCUT2D eigenvalue weighted by molar-refractivity contribution is 7.38. The Labute approximate surface area is 121 Å². The lowest BCUT2D eigenvalue weighted by Crippen LogP contribution is -1.99. The summed E-state index contributed by atoms with van der Waals surface area (Å²) in [6.45, 7) is 11.2. The van der Waals surface area contributed by atoms with Gasteiger partial charge in [0.2, 0.25) is 0 Å². The molecule has 0 fully saturated rings. The molecule has 0 unspecified atom stereocenters. The van der Waals surface area contributed by atoms with Crippen molar-refractivity contribution in [3.63, 3.8) is 0 Å². The zero-order chi connectivity index (χ0) is 15.5. The number of hydrogen-bond acceptors (Lipinski definition) is 4. The highest BCUT2D eigenvalue weighted by Gasteiger charge is 2.09. The standard InChI is InChI=1S/C15H18O.H3O3P/c1-4-7-12-10-11-15(16)14(9-6-3)13(12)8-5-2;1-4(2)3/h4-6,10-11,16H,1-3,7-9H2;1-3H. The van der Waals surface area contributed by atoms with E-state index in [9.17, 15) is 5.11 Å². The minimum atomic E-state index is -2.62. The van der Waals surface area contributed by atoms with Crippen molar-refractivity contribution in [1.82, 2.24) is 0 Å². The largest absolute Gasteiger partial charge is 0.508 e. The molecule has 0 heterocycles. The summed E-state index contributed by atoms with van der Waals surface area (Å²) in [6.07, 6.45) is 7.79. The maximum absolute atomic E-state index is 9.83. The van der Waals surface area contributed by atoms with Crippen molar-refractivity contribution in [2.75, 3.05) is 0 Å². The van der Waals surface area contributed by atoms with E-state index in [1.54, 1.807) is 12.1 Å². The van der Waals surface area contributed by atoms with Gasteiger partial charge in [0, 0.05) is 5.56 Å². The van der Waals surface area contributed by atoms with Gasteiger partial charge in [-0.15, -0.1) is 19.7 Å². The highest BCUT2D eigenvalue weighted by Crippen LogP contribution is 2.26. The van der Waals surface area contributed by atoms with Crippen molar-refractivity contribution in [2.24, 2.45) is 0 Å². The maximum Gasteiger partial charge on any atom is 0.324 e. The number of allylic oxidation sites excluding steroid dienone is 3. The van der Waals surface area contributed by atoms with Crippen molar-refractivity contribution in [3.8, 4) is 5.75 Å². The number of phenols is 1. The molecule has 0 radical (unpaired) electrons. The third kappa shape index (κ3) is 6.64. The summed E-state index contributed by atoms with van der Waals surface area (Å²) in [5.41, 5.74) is 3.30. The number of aromatic hydroxyl groups is 1. The quantitative estimate of drug-likeness (QED) is 0.480. The maximum atomic E-state index is 9.83. The molecule has 0 saturated carbocycles. The molecule has 0 amide bonds. The molecule has 20 heavy (non-hydrogen) atoms.